The minimum atomic E-state index is 0.107. The van der Waals surface area contributed by atoms with Gasteiger partial charge < -0.3 is 14.3 Å². The highest BCUT2D eigenvalue weighted by molar-refractivity contribution is 5.80. The van der Waals surface area contributed by atoms with E-state index in [2.05, 4.69) is 17.0 Å². The molecule has 2 aliphatic heterocycles. The molecule has 26 heavy (non-hydrogen) atoms. The molecular formula is C19H30N4O3. The van der Waals surface area contributed by atoms with E-state index in [1.165, 1.54) is 6.42 Å². The molecule has 0 spiro atoms. The van der Waals surface area contributed by atoms with Gasteiger partial charge in [0.15, 0.2) is 0 Å². The number of carbonyl (C=O) groups excluding carboxylic acids is 2. The number of carbonyl (C=O) groups is 2. The number of amides is 2. The van der Waals surface area contributed by atoms with Crippen LogP contribution in [0.4, 0.5) is 0 Å². The van der Waals surface area contributed by atoms with Crippen LogP contribution < -0.4 is 0 Å². The van der Waals surface area contributed by atoms with Gasteiger partial charge in [-0.2, -0.15) is 0 Å². The molecule has 0 bridgehead atoms. The molecule has 0 aromatic carbocycles. The Kier molecular flexibility index (Phi) is 5.96. The normalized spacial score (nSPS) is 21.9. The molecule has 2 aliphatic rings. The van der Waals surface area contributed by atoms with Gasteiger partial charge in [0.2, 0.25) is 11.8 Å². The van der Waals surface area contributed by atoms with Gasteiger partial charge >= 0.3 is 0 Å². The van der Waals surface area contributed by atoms with E-state index in [1.54, 1.807) is 0 Å². The Morgan fingerprint density at radius 3 is 2.42 bits per heavy atom. The number of piperidine rings is 1. The summed E-state index contributed by atoms with van der Waals surface area (Å²) in [5.74, 6) is 1.05. The van der Waals surface area contributed by atoms with E-state index in [0.717, 1.165) is 49.5 Å². The Morgan fingerprint density at radius 2 is 1.81 bits per heavy atom. The maximum Gasteiger partial charge on any atom is 0.236 e. The van der Waals surface area contributed by atoms with Crippen molar-refractivity contribution in [1.29, 1.82) is 0 Å². The Morgan fingerprint density at radius 1 is 1.08 bits per heavy atom. The van der Waals surface area contributed by atoms with Gasteiger partial charge in [-0.1, -0.05) is 5.16 Å². The Labute approximate surface area is 155 Å². The van der Waals surface area contributed by atoms with Crippen LogP contribution in [-0.4, -0.2) is 77.0 Å². The maximum atomic E-state index is 12.6. The third-order valence-electron chi connectivity index (χ3n) is 5.72. The van der Waals surface area contributed by atoms with Crippen LogP contribution >= 0.6 is 0 Å². The van der Waals surface area contributed by atoms with Crippen molar-refractivity contribution in [2.75, 3.05) is 39.3 Å². The minimum absolute atomic E-state index is 0.107. The number of hydrogen-bond acceptors (Lipinski definition) is 5. The second kappa shape index (κ2) is 8.20. The second-order valence-electron chi connectivity index (χ2n) is 7.57. The second-order valence-corrected chi connectivity index (χ2v) is 7.57. The van der Waals surface area contributed by atoms with E-state index in [9.17, 15) is 9.59 Å². The average molecular weight is 362 g/mol. The molecule has 7 heteroatoms. The standard InChI is InChI=1S/C19H30N4O3/c1-14-6-4-5-7-23(14)19(25)13-21-8-10-22(11-9-21)18(24)12-17-15(2)20-26-16(17)3/h14H,4-13H2,1-3H3. The van der Waals surface area contributed by atoms with Gasteiger partial charge in [0.1, 0.15) is 5.76 Å². The van der Waals surface area contributed by atoms with Crippen molar-refractivity contribution in [2.45, 2.75) is 52.5 Å². The van der Waals surface area contributed by atoms with Gasteiger partial charge in [-0.05, 0) is 40.0 Å². The van der Waals surface area contributed by atoms with E-state index < -0.39 is 0 Å². The van der Waals surface area contributed by atoms with Crippen molar-refractivity contribution in [2.24, 2.45) is 0 Å². The molecule has 1 aromatic rings. The molecule has 3 heterocycles. The van der Waals surface area contributed by atoms with Crippen LogP contribution in [0.25, 0.3) is 0 Å². The number of aryl methyl sites for hydroxylation is 2. The molecule has 1 unspecified atom stereocenters. The van der Waals surface area contributed by atoms with Crippen molar-refractivity contribution in [3.8, 4) is 0 Å². The molecule has 2 amide bonds. The molecule has 0 radical (unpaired) electrons. The fourth-order valence-corrected chi connectivity index (χ4v) is 3.92. The Bertz CT molecular complexity index is 630. The fraction of sp³-hybridized carbons (Fsp3) is 0.737. The summed E-state index contributed by atoms with van der Waals surface area (Å²) in [4.78, 5) is 31.2. The van der Waals surface area contributed by atoms with E-state index in [1.807, 2.05) is 23.6 Å². The van der Waals surface area contributed by atoms with Gasteiger partial charge in [0.05, 0.1) is 18.7 Å². The lowest BCUT2D eigenvalue weighted by Crippen LogP contribution is -2.53. The maximum absolute atomic E-state index is 12.6. The highest BCUT2D eigenvalue weighted by atomic mass is 16.5. The number of nitrogens with zero attached hydrogens (tertiary/aromatic N) is 4. The summed E-state index contributed by atoms with van der Waals surface area (Å²) in [5, 5.41) is 3.91. The van der Waals surface area contributed by atoms with Crippen molar-refractivity contribution in [3.05, 3.63) is 17.0 Å². The summed E-state index contributed by atoms with van der Waals surface area (Å²) < 4.78 is 5.14. The minimum Gasteiger partial charge on any atom is -0.361 e. The van der Waals surface area contributed by atoms with E-state index in [0.29, 0.717) is 32.1 Å². The van der Waals surface area contributed by atoms with Gasteiger partial charge in [-0.15, -0.1) is 0 Å². The smallest absolute Gasteiger partial charge is 0.236 e. The molecule has 0 aliphatic carbocycles. The van der Waals surface area contributed by atoms with Gasteiger partial charge in [0.25, 0.3) is 0 Å². The van der Waals surface area contributed by atoms with E-state index in [4.69, 9.17) is 4.52 Å². The molecular weight excluding hydrogens is 332 g/mol. The monoisotopic (exact) mass is 362 g/mol. The molecule has 1 atom stereocenters. The van der Waals surface area contributed by atoms with E-state index >= 15 is 0 Å². The van der Waals surface area contributed by atoms with Crippen LogP contribution in [0.3, 0.4) is 0 Å². The number of aromatic nitrogens is 1. The quantitative estimate of drug-likeness (QED) is 0.809. The first-order valence-electron chi connectivity index (χ1n) is 9.67. The average Bonchev–Trinajstić information content (AvgIpc) is 2.94. The van der Waals surface area contributed by atoms with Gasteiger partial charge in [0, 0.05) is 44.3 Å². The molecule has 2 fully saturated rings. The Balaban J connectivity index is 1.46. The third-order valence-corrected chi connectivity index (χ3v) is 5.72. The highest BCUT2D eigenvalue weighted by Gasteiger charge is 2.27. The zero-order chi connectivity index (χ0) is 18.7. The van der Waals surface area contributed by atoms with Crippen molar-refractivity contribution in [1.82, 2.24) is 19.9 Å². The highest BCUT2D eigenvalue weighted by Crippen LogP contribution is 2.17. The van der Waals surface area contributed by atoms with Crippen molar-refractivity contribution in [3.63, 3.8) is 0 Å². The lowest BCUT2D eigenvalue weighted by atomic mass is 10.0. The predicted molar refractivity (Wildman–Crippen MR) is 97.7 cm³/mol. The topological polar surface area (TPSA) is 69.9 Å². The lowest BCUT2D eigenvalue weighted by molar-refractivity contribution is -0.137. The molecule has 0 N–H and O–H groups in total. The zero-order valence-corrected chi connectivity index (χ0v) is 16.2. The lowest BCUT2D eigenvalue weighted by Gasteiger charge is -2.38. The number of piperazine rings is 1. The molecule has 7 nitrogen and oxygen atoms in total. The van der Waals surface area contributed by atoms with Crippen LogP contribution in [0.5, 0.6) is 0 Å². The van der Waals surface area contributed by atoms with Gasteiger partial charge in [-0.25, -0.2) is 0 Å². The summed E-state index contributed by atoms with van der Waals surface area (Å²) in [6.07, 6.45) is 3.78. The molecule has 1 aromatic heterocycles. The fourth-order valence-electron chi connectivity index (χ4n) is 3.92. The number of rotatable bonds is 4. The number of hydrogen-bond donors (Lipinski definition) is 0. The third kappa shape index (κ3) is 4.26. The van der Waals surface area contributed by atoms with Crippen LogP contribution in [0, 0.1) is 13.8 Å². The van der Waals surface area contributed by atoms with Crippen LogP contribution in [0.1, 0.15) is 43.2 Å². The first-order valence-corrected chi connectivity index (χ1v) is 9.67. The summed E-state index contributed by atoms with van der Waals surface area (Å²) in [6.45, 7) is 10.0. The largest absolute Gasteiger partial charge is 0.361 e. The SMILES string of the molecule is Cc1noc(C)c1CC(=O)N1CCN(CC(=O)N2CCCCC2C)CC1. The first kappa shape index (κ1) is 18.9. The molecule has 2 saturated heterocycles. The predicted octanol–water partition coefficient (Wildman–Crippen LogP) is 1.38. The Hall–Kier alpha value is -1.89. The van der Waals surface area contributed by atoms with Crippen LogP contribution in [0.2, 0.25) is 0 Å². The van der Waals surface area contributed by atoms with E-state index in [-0.39, 0.29) is 11.8 Å². The molecule has 144 valence electrons. The summed E-state index contributed by atoms with van der Waals surface area (Å²) in [5.41, 5.74) is 1.68. The molecule has 0 saturated carbocycles. The zero-order valence-electron chi connectivity index (χ0n) is 16.2. The van der Waals surface area contributed by atoms with Gasteiger partial charge in [-0.3, -0.25) is 14.5 Å². The number of likely N-dealkylation sites (tertiary alicyclic amines) is 1. The summed E-state index contributed by atoms with van der Waals surface area (Å²) in [6, 6.07) is 0.356. The van der Waals surface area contributed by atoms with Crippen molar-refractivity contribution >= 4 is 11.8 Å². The van der Waals surface area contributed by atoms with Crippen LogP contribution in [0.15, 0.2) is 4.52 Å². The van der Waals surface area contributed by atoms with Crippen LogP contribution in [-0.2, 0) is 16.0 Å². The molecule has 3 rings (SSSR count). The summed E-state index contributed by atoms with van der Waals surface area (Å²) >= 11 is 0. The first-order chi connectivity index (χ1) is 12.5. The summed E-state index contributed by atoms with van der Waals surface area (Å²) in [7, 11) is 0. The van der Waals surface area contributed by atoms with Crippen molar-refractivity contribution < 1.29 is 14.1 Å².